The highest BCUT2D eigenvalue weighted by atomic mass is 127. The van der Waals surface area contributed by atoms with Crippen molar-refractivity contribution in [3.8, 4) is 0 Å². The Morgan fingerprint density at radius 2 is 2.15 bits per heavy atom. The third kappa shape index (κ3) is 4.64. The lowest BCUT2D eigenvalue weighted by Crippen LogP contribution is -3.00. The zero-order valence-electron chi connectivity index (χ0n) is 8.68. The molecule has 0 aromatic carbocycles. The zero-order chi connectivity index (χ0) is 8.97. The second-order valence-corrected chi connectivity index (χ2v) is 3.80. The molecule has 76 valence electrons. The molecule has 0 amide bonds. The van der Waals surface area contributed by atoms with Gasteiger partial charge in [-0.25, -0.2) is 9.55 Å². The average molecular weight is 294 g/mol. The number of nitrogens with zero attached hydrogens (tertiary/aromatic N) is 1. The third-order valence-corrected chi connectivity index (χ3v) is 2.17. The SMILES string of the molecule is CC(C)CCCc1[nH]cc[n+]1C.[I-]. The Kier molecular flexibility index (Phi) is 6.37. The van der Waals surface area contributed by atoms with E-state index < -0.39 is 0 Å². The second-order valence-electron chi connectivity index (χ2n) is 3.80. The Bertz CT molecular complexity index is 231. The molecule has 0 spiro atoms. The monoisotopic (exact) mass is 294 g/mol. The predicted molar refractivity (Wildman–Crippen MR) is 49.7 cm³/mol. The Hall–Kier alpha value is -0.0600. The van der Waals surface area contributed by atoms with Gasteiger partial charge in [0.15, 0.2) is 0 Å². The number of aromatic amines is 1. The molecule has 1 rings (SSSR count). The summed E-state index contributed by atoms with van der Waals surface area (Å²) in [5.41, 5.74) is 0. The van der Waals surface area contributed by atoms with Crippen molar-refractivity contribution in [2.24, 2.45) is 13.0 Å². The van der Waals surface area contributed by atoms with Gasteiger partial charge in [0, 0.05) is 6.42 Å². The van der Waals surface area contributed by atoms with Gasteiger partial charge in [0.25, 0.3) is 5.82 Å². The van der Waals surface area contributed by atoms with Gasteiger partial charge in [-0.3, -0.25) is 0 Å². The summed E-state index contributed by atoms with van der Waals surface area (Å²) in [5.74, 6) is 2.15. The first-order valence-corrected chi connectivity index (χ1v) is 4.72. The zero-order valence-corrected chi connectivity index (χ0v) is 10.8. The van der Waals surface area contributed by atoms with Crippen LogP contribution in [0.25, 0.3) is 0 Å². The maximum absolute atomic E-state index is 3.24. The molecule has 0 bridgehead atoms. The Morgan fingerprint density at radius 3 is 2.62 bits per heavy atom. The number of hydrogen-bond donors (Lipinski definition) is 1. The van der Waals surface area contributed by atoms with Crippen molar-refractivity contribution in [1.82, 2.24) is 4.98 Å². The van der Waals surface area contributed by atoms with E-state index in [-0.39, 0.29) is 24.0 Å². The van der Waals surface area contributed by atoms with Crippen LogP contribution >= 0.6 is 0 Å². The van der Waals surface area contributed by atoms with Gasteiger partial charge >= 0.3 is 0 Å². The summed E-state index contributed by atoms with van der Waals surface area (Å²) in [6.07, 6.45) is 7.82. The topological polar surface area (TPSA) is 19.7 Å². The van der Waals surface area contributed by atoms with Gasteiger partial charge in [0.05, 0.1) is 7.05 Å². The first-order chi connectivity index (χ1) is 5.70. The molecule has 0 aliphatic rings. The van der Waals surface area contributed by atoms with E-state index in [0.29, 0.717) is 0 Å². The summed E-state index contributed by atoms with van der Waals surface area (Å²) in [6.45, 7) is 4.55. The maximum atomic E-state index is 3.24. The van der Waals surface area contributed by atoms with Crippen molar-refractivity contribution in [2.75, 3.05) is 0 Å². The van der Waals surface area contributed by atoms with E-state index in [1.54, 1.807) is 0 Å². The van der Waals surface area contributed by atoms with E-state index in [1.165, 1.54) is 25.1 Å². The number of aromatic nitrogens is 2. The molecule has 3 heteroatoms. The molecule has 0 fully saturated rings. The van der Waals surface area contributed by atoms with Crippen molar-refractivity contribution in [1.29, 1.82) is 0 Å². The number of hydrogen-bond acceptors (Lipinski definition) is 0. The van der Waals surface area contributed by atoms with Crippen LogP contribution in [0.2, 0.25) is 0 Å². The molecule has 0 aliphatic heterocycles. The second kappa shape index (κ2) is 6.40. The van der Waals surface area contributed by atoms with E-state index in [4.69, 9.17) is 0 Å². The third-order valence-electron chi connectivity index (χ3n) is 2.17. The van der Waals surface area contributed by atoms with Crippen LogP contribution in [0.15, 0.2) is 12.4 Å². The molecular formula is C10H19IN2. The van der Waals surface area contributed by atoms with Crippen LogP contribution in [0, 0.1) is 5.92 Å². The lowest BCUT2D eigenvalue weighted by Gasteiger charge is -2.00. The fourth-order valence-corrected chi connectivity index (χ4v) is 1.36. The van der Waals surface area contributed by atoms with Crippen LogP contribution in [0.3, 0.4) is 0 Å². The molecule has 0 radical (unpaired) electrons. The molecule has 13 heavy (non-hydrogen) atoms. The van der Waals surface area contributed by atoms with Gasteiger partial charge in [0.1, 0.15) is 12.4 Å². The normalized spacial score (nSPS) is 10.2. The van der Waals surface area contributed by atoms with E-state index in [9.17, 15) is 0 Å². The van der Waals surface area contributed by atoms with Crippen molar-refractivity contribution >= 4 is 0 Å². The standard InChI is InChI=1S/C10H18N2.HI/c1-9(2)5-4-6-10-11-7-8-12(10)3;/h7-9H,4-6H2,1-3H3;1H. The lowest BCUT2D eigenvalue weighted by atomic mass is 10.1. The summed E-state index contributed by atoms with van der Waals surface area (Å²) in [4.78, 5) is 3.24. The van der Waals surface area contributed by atoms with Crippen LogP contribution < -0.4 is 28.5 Å². The minimum absolute atomic E-state index is 0. The van der Waals surface area contributed by atoms with Crippen molar-refractivity contribution < 1.29 is 28.5 Å². The quantitative estimate of drug-likeness (QED) is 0.533. The summed E-state index contributed by atoms with van der Waals surface area (Å²) in [7, 11) is 2.08. The average Bonchev–Trinajstić information content (AvgIpc) is 2.36. The highest BCUT2D eigenvalue weighted by Gasteiger charge is 2.05. The molecular weight excluding hydrogens is 275 g/mol. The summed E-state index contributed by atoms with van der Waals surface area (Å²) in [5, 5.41) is 0. The first kappa shape index (κ1) is 12.9. The summed E-state index contributed by atoms with van der Waals surface area (Å²) in [6, 6.07) is 0. The Balaban J connectivity index is 0.00000144. The van der Waals surface area contributed by atoms with Gasteiger partial charge in [-0.05, 0) is 12.3 Å². The van der Waals surface area contributed by atoms with Crippen molar-refractivity contribution in [2.45, 2.75) is 33.1 Å². The Labute approximate surface area is 97.8 Å². The van der Waals surface area contributed by atoms with Crippen molar-refractivity contribution in [3.63, 3.8) is 0 Å². The molecule has 0 saturated heterocycles. The highest BCUT2D eigenvalue weighted by molar-refractivity contribution is 4.76. The molecule has 0 saturated carbocycles. The fraction of sp³-hybridized carbons (Fsp3) is 0.700. The summed E-state index contributed by atoms with van der Waals surface area (Å²) < 4.78 is 2.15. The fourth-order valence-electron chi connectivity index (χ4n) is 1.36. The maximum Gasteiger partial charge on any atom is 0.253 e. The minimum atomic E-state index is 0. The molecule has 0 atom stereocenters. The van der Waals surface area contributed by atoms with Crippen LogP contribution in [-0.4, -0.2) is 4.98 Å². The van der Waals surface area contributed by atoms with Crippen molar-refractivity contribution in [3.05, 3.63) is 18.2 Å². The van der Waals surface area contributed by atoms with Crippen LogP contribution in [0.1, 0.15) is 32.5 Å². The highest BCUT2D eigenvalue weighted by Crippen LogP contribution is 2.05. The van der Waals surface area contributed by atoms with E-state index >= 15 is 0 Å². The number of H-pyrrole nitrogens is 1. The molecule has 0 aliphatic carbocycles. The number of imidazole rings is 1. The number of rotatable bonds is 4. The Morgan fingerprint density at radius 1 is 1.46 bits per heavy atom. The van der Waals surface area contributed by atoms with Gasteiger partial charge in [0.2, 0.25) is 0 Å². The van der Waals surface area contributed by atoms with E-state index in [0.717, 1.165) is 5.92 Å². The molecule has 2 nitrogen and oxygen atoms in total. The van der Waals surface area contributed by atoms with Crippen LogP contribution in [0.5, 0.6) is 0 Å². The molecule has 1 heterocycles. The van der Waals surface area contributed by atoms with Gasteiger partial charge in [-0.2, -0.15) is 0 Å². The van der Waals surface area contributed by atoms with Gasteiger partial charge in [-0.1, -0.05) is 20.3 Å². The molecule has 1 aromatic heterocycles. The molecule has 1 aromatic rings. The van der Waals surface area contributed by atoms with Crippen LogP contribution in [-0.2, 0) is 13.5 Å². The van der Waals surface area contributed by atoms with E-state index in [2.05, 4.69) is 36.6 Å². The molecule has 0 unspecified atom stereocenters. The molecule has 1 N–H and O–H groups in total. The number of halogens is 1. The van der Waals surface area contributed by atoms with Crippen LogP contribution in [0.4, 0.5) is 0 Å². The number of aryl methyl sites for hydroxylation is 2. The first-order valence-electron chi connectivity index (χ1n) is 4.72. The summed E-state index contributed by atoms with van der Waals surface area (Å²) >= 11 is 0. The minimum Gasteiger partial charge on any atom is -1.00 e. The smallest absolute Gasteiger partial charge is 0.253 e. The lowest BCUT2D eigenvalue weighted by molar-refractivity contribution is -0.677. The largest absolute Gasteiger partial charge is 1.00 e. The van der Waals surface area contributed by atoms with E-state index in [1.807, 2.05) is 6.20 Å². The number of nitrogens with one attached hydrogen (secondary N) is 1. The predicted octanol–water partition coefficient (Wildman–Crippen LogP) is -1.18. The van der Waals surface area contributed by atoms with Gasteiger partial charge < -0.3 is 24.0 Å². The van der Waals surface area contributed by atoms with Gasteiger partial charge in [-0.15, -0.1) is 0 Å².